The van der Waals surface area contributed by atoms with E-state index in [-0.39, 0.29) is 18.1 Å². The summed E-state index contributed by atoms with van der Waals surface area (Å²) in [5, 5.41) is 10.4. The van der Waals surface area contributed by atoms with Crippen LogP contribution in [0.5, 0.6) is 0 Å². The van der Waals surface area contributed by atoms with Gasteiger partial charge < -0.3 is 14.7 Å². The Kier molecular flexibility index (Phi) is 4.63. The lowest BCUT2D eigenvalue weighted by molar-refractivity contribution is -0.0438. The number of aliphatic hydroxyl groups is 1. The van der Waals surface area contributed by atoms with E-state index in [1.807, 2.05) is 25.1 Å². The van der Waals surface area contributed by atoms with E-state index >= 15 is 0 Å². The number of aryl methyl sites for hydroxylation is 1. The van der Waals surface area contributed by atoms with Crippen molar-refractivity contribution in [3.8, 4) is 11.4 Å². The molecule has 0 spiro atoms. The van der Waals surface area contributed by atoms with Crippen molar-refractivity contribution in [2.45, 2.75) is 38.3 Å². The van der Waals surface area contributed by atoms with Gasteiger partial charge in [-0.1, -0.05) is 0 Å². The van der Waals surface area contributed by atoms with E-state index in [0.717, 1.165) is 42.9 Å². The van der Waals surface area contributed by atoms with E-state index < -0.39 is 0 Å². The van der Waals surface area contributed by atoms with Crippen LogP contribution in [0.15, 0.2) is 30.6 Å². The number of aliphatic hydroxyl groups excluding tert-OH is 1. The molecule has 4 heterocycles. The van der Waals surface area contributed by atoms with Crippen LogP contribution in [0.1, 0.15) is 25.0 Å². The second kappa shape index (κ2) is 7.06. The summed E-state index contributed by atoms with van der Waals surface area (Å²) in [6, 6.07) is 6.18. The topological polar surface area (TPSA) is 71.4 Å². The van der Waals surface area contributed by atoms with Gasteiger partial charge in [-0.25, -0.2) is 9.97 Å². The molecule has 0 aliphatic carbocycles. The number of rotatable bonds is 3. The molecule has 6 nitrogen and oxygen atoms in total. The molecule has 0 aromatic carbocycles. The minimum Gasteiger partial charge on any atom is -0.393 e. The third kappa shape index (κ3) is 3.37. The van der Waals surface area contributed by atoms with Crippen LogP contribution in [0.2, 0.25) is 0 Å². The Morgan fingerprint density at radius 2 is 2.20 bits per heavy atom. The average molecular weight is 340 g/mol. The van der Waals surface area contributed by atoms with Gasteiger partial charge in [0, 0.05) is 54.8 Å². The molecule has 3 atom stereocenters. The highest BCUT2D eigenvalue weighted by Gasteiger charge is 2.38. The fourth-order valence-corrected chi connectivity index (χ4v) is 3.96. The van der Waals surface area contributed by atoms with E-state index in [1.165, 1.54) is 0 Å². The highest BCUT2D eigenvalue weighted by molar-refractivity contribution is 5.57. The monoisotopic (exact) mass is 340 g/mol. The second-order valence-electron chi connectivity index (χ2n) is 6.93. The van der Waals surface area contributed by atoms with Crippen LogP contribution in [-0.4, -0.2) is 52.0 Å². The van der Waals surface area contributed by atoms with E-state index in [2.05, 4.69) is 14.9 Å². The highest BCUT2D eigenvalue weighted by Crippen LogP contribution is 2.33. The minimum atomic E-state index is -0.292. The first-order valence-corrected chi connectivity index (χ1v) is 9.01. The molecule has 0 unspecified atom stereocenters. The van der Waals surface area contributed by atoms with E-state index in [1.54, 1.807) is 12.4 Å². The van der Waals surface area contributed by atoms with E-state index in [9.17, 15) is 5.11 Å². The third-order valence-electron chi connectivity index (χ3n) is 5.21. The van der Waals surface area contributed by atoms with Crippen molar-refractivity contribution in [2.24, 2.45) is 5.92 Å². The molecular formula is C19H24N4O2. The highest BCUT2D eigenvalue weighted by atomic mass is 16.5. The largest absolute Gasteiger partial charge is 0.393 e. The maximum Gasteiger partial charge on any atom is 0.163 e. The Labute approximate surface area is 147 Å². The molecule has 132 valence electrons. The zero-order chi connectivity index (χ0) is 17.2. The molecule has 2 aliphatic rings. The van der Waals surface area contributed by atoms with Crippen LogP contribution in [0.25, 0.3) is 11.4 Å². The number of pyridine rings is 1. The number of nitrogens with zero attached hydrogens (tertiary/aromatic N) is 4. The van der Waals surface area contributed by atoms with Gasteiger partial charge in [-0.2, -0.15) is 0 Å². The summed E-state index contributed by atoms with van der Waals surface area (Å²) in [6.07, 6.45) is 6.15. The lowest BCUT2D eigenvalue weighted by atomic mass is 9.89. The predicted octanol–water partition coefficient (Wildman–Crippen LogP) is 2.21. The Bertz CT molecular complexity index is 725. The van der Waals surface area contributed by atoms with Crippen LogP contribution in [0, 0.1) is 12.8 Å². The van der Waals surface area contributed by atoms with Gasteiger partial charge in [0.2, 0.25) is 0 Å². The van der Waals surface area contributed by atoms with Gasteiger partial charge in [0.25, 0.3) is 0 Å². The third-order valence-corrected chi connectivity index (χ3v) is 5.21. The molecule has 2 fully saturated rings. The quantitative estimate of drug-likeness (QED) is 0.924. The molecule has 2 saturated heterocycles. The van der Waals surface area contributed by atoms with Crippen LogP contribution >= 0.6 is 0 Å². The number of hydrogen-bond donors (Lipinski definition) is 1. The van der Waals surface area contributed by atoms with E-state index in [4.69, 9.17) is 9.72 Å². The fraction of sp³-hybridized carbons (Fsp3) is 0.526. The van der Waals surface area contributed by atoms with Crippen molar-refractivity contribution in [3.63, 3.8) is 0 Å². The molecule has 2 aromatic heterocycles. The Hall–Kier alpha value is -2.05. The van der Waals surface area contributed by atoms with Crippen LogP contribution in [0.3, 0.4) is 0 Å². The lowest BCUT2D eigenvalue weighted by Gasteiger charge is -2.37. The van der Waals surface area contributed by atoms with Gasteiger partial charge in [-0.05, 0) is 38.3 Å². The molecule has 25 heavy (non-hydrogen) atoms. The van der Waals surface area contributed by atoms with Crippen LogP contribution in [0.4, 0.5) is 5.82 Å². The molecule has 4 rings (SSSR count). The summed E-state index contributed by atoms with van der Waals surface area (Å²) >= 11 is 0. The first kappa shape index (κ1) is 16.4. The summed E-state index contributed by atoms with van der Waals surface area (Å²) in [6.45, 7) is 4.23. The van der Waals surface area contributed by atoms with Crippen LogP contribution < -0.4 is 4.90 Å². The van der Waals surface area contributed by atoms with Crippen LogP contribution in [-0.2, 0) is 4.74 Å². The molecule has 2 aliphatic heterocycles. The Morgan fingerprint density at radius 3 is 3.00 bits per heavy atom. The second-order valence-corrected chi connectivity index (χ2v) is 6.93. The number of aromatic nitrogens is 3. The molecule has 0 bridgehead atoms. The minimum absolute atomic E-state index is 0.147. The molecule has 2 aromatic rings. The molecule has 0 saturated carbocycles. The van der Waals surface area contributed by atoms with Crippen molar-refractivity contribution < 1.29 is 9.84 Å². The van der Waals surface area contributed by atoms with Gasteiger partial charge in [-0.15, -0.1) is 0 Å². The van der Waals surface area contributed by atoms with Crippen molar-refractivity contribution in [1.82, 2.24) is 15.0 Å². The molecule has 1 N–H and O–H groups in total. The van der Waals surface area contributed by atoms with E-state index in [0.29, 0.717) is 19.0 Å². The summed E-state index contributed by atoms with van der Waals surface area (Å²) in [4.78, 5) is 15.9. The smallest absolute Gasteiger partial charge is 0.163 e. The van der Waals surface area contributed by atoms with Gasteiger partial charge in [0.15, 0.2) is 5.82 Å². The average Bonchev–Trinajstić information content (AvgIpc) is 3.12. The molecule has 0 amide bonds. The SMILES string of the molecule is Cc1cc(N2CCC[C@@H]2[C@H]2COCC[C@@H]2O)nc(-c2cccnc2)n1. The first-order valence-electron chi connectivity index (χ1n) is 9.01. The number of hydrogen-bond acceptors (Lipinski definition) is 6. The summed E-state index contributed by atoms with van der Waals surface area (Å²) in [7, 11) is 0. The fourth-order valence-electron chi connectivity index (χ4n) is 3.96. The maximum absolute atomic E-state index is 10.4. The summed E-state index contributed by atoms with van der Waals surface area (Å²) in [5.74, 6) is 1.79. The summed E-state index contributed by atoms with van der Waals surface area (Å²) < 4.78 is 5.64. The standard InChI is InChI=1S/C19H24N4O2/c1-13-10-18(22-19(21-13)14-4-2-7-20-11-14)23-8-3-5-16(23)15-12-25-9-6-17(15)24/h2,4,7,10-11,15-17,24H,3,5-6,8-9,12H2,1H3/t15-,16-,17+/m1/s1. The number of anilines is 1. The first-order chi connectivity index (χ1) is 12.2. The normalized spacial score (nSPS) is 26.8. The zero-order valence-electron chi connectivity index (χ0n) is 14.5. The van der Waals surface area contributed by atoms with Crippen molar-refractivity contribution in [1.29, 1.82) is 0 Å². The Morgan fingerprint density at radius 1 is 1.28 bits per heavy atom. The molecule has 0 radical (unpaired) electrons. The van der Waals surface area contributed by atoms with Crippen molar-refractivity contribution in [3.05, 3.63) is 36.3 Å². The Balaban J connectivity index is 1.65. The van der Waals surface area contributed by atoms with Crippen molar-refractivity contribution in [2.75, 3.05) is 24.7 Å². The van der Waals surface area contributed by atoms with Gasteiger partial charge in [-0.3, -0.25) is 4.98 Å². The van der Waals surface area contributed by atoms with Crippen molar-refractivity contribution >= 4 is 5.82 Å². The zero-order valence-corrected chi connectivity index (χ0v) is 14.5. The molecular weight excluding hydrogens is 316 g/mol. The maximum atomic E-state index is 10.4. The predicted molar refractivity (Wildman–Crippen MR) is 95.3 cm³/mol. The molecule has 6 heteroatoms. The van der Waals surface area contributed by atoms with Gasteiger partial charge in [0.1, 0.15) is 5.82 Å². The number of ether oxygens (including phenoxy) is 1. The lowest BCUT2D eigenvalue weighted by Crippen LogP contribution is -2.46. The van der Waals surface area contributed by atoms with Gasteiger partial charge in [0.05, 0.1) is 12.7 Å². The summed E-state index contributed by atoms with van der Waals surface area (Å²) in [5.41, 5.74) is 1.86. The van der Waals surface area contributed by atoms with Gasteiger partial charge >= 0.3 is 0 Å².